The summed E-state index contributed by atoms with van der Waals surface area (Å²) in [6, 6.07) is 15.0. The van der Waals surface area contributed by atoms with Crippen molar-refractivity contribution < 1.29 is 27.8 Å². The molecule has 3 aromatic carbocycles. The molecule has 3 rings (SSSR count). The Morgan fingerprint density at radius 1 is 0.871 bits per heavy atom. The minimum absolute atomic E-state index is 0.0363. The smallest absolute Gasteiger partial charge is 0.337 e. The molecule has 0 spiro atoms. The molecule has 0 aromatic heterocycles. The van der Waals surface area contributed by atoms with Crippen molar-refractivity contribution in [2.45, 2.75) is 6.92 Å². The molecule has 154 valence electrons. The van der Waals surface area contributed by atoms with E-state index in [1.54, 1.807) is 25.1 Å². The second kappa shape index (κ2) is 8.93. The highest BCUT2D eigenvalue weighted by Gasteiger charge is 2.29. The first-order valence-corrected chi connectivity index (χ1v) is 8.86. The van der Waals surface area contributed by atoms with Gasteiger partial charge in [0.15, 0.2) is 11.6 Å². The largest absolute Gasteiger partial charge is 0.465 e. The fourth-order valence-corrected chi connectivity index (χ4v) is 2.71. The van der Waals surface area contributed by atoms with Crippen LogP contribution >= 0.6 is 0 Å². The van der Waals surface area contributed by atoms with Gasteiger partial charge in [0.25, 0.3) is 0 Å². The molecular formula is C23H14F2N2O4. The number of para-hydroxylation sites is 1. The maximum Gasteiger partial charge on any atom is 0.337 e. The van der Waals surface area contributed by atoms with Crippen LogP contribution in [0, 0.1) is 41.2 Å². The van der Waals surface area contributed by atoms with Gasteiger partial charge in [-0.3, -0.25) is 0 Å². The van der Waals surface area contributed by atoms with Gasteiger partial charge in [-0.1, -0.05) is 18.2 Å². The SMILES string of the molecule is COC(=O)c1ccc(Oc2c(F)c(C#N)c(C#N)c(F)c2Oc2ccccc2C)cc1. The van der Waals surface area contributed by atoms with Crippen LogP contribution in [0.15, 0.2) is 48.5 Å². The Kier molecular flexibility index (Phi) is 6.13. The van der Waals surface area contributed by atoms with E-state index in [0.29, 0.717) is 5.56 Å². The molecule has 31 heavy (non-hydrogen) atoms. The zero-order valence-electron chi connectivity index (χ0n) is 16.4. The second-order valence-electron chi connectivity index (χ2n) is 6.25. The van der Waals surface area contributed by atoms with Gasteiger partial charge in [0.05, 0.1) is 12.7 Å². The minimum Gasteiger partial charge on any atom is -0.465 e. The number of nitriles is 2. The van der Waals surface area contributed by atoms with Gasteiger partial charge < -0.3 is 14.2 Å². The highest BCUT2D eigenvalue weighted by Crippen LogP contribution is 2.43. The summed E-state index contributed by atoms with van der Waals surface area (Å²) >= 11 is 0. The molecule has 0 bridgehead atoms. The predicted molar refractivity (Wildman–Crippen MR) is 105 cm³/mol. The van der Waals surface area contributed by atoms with Crippen molar-refractivity contribution in [2.24, 2.45) is 0 Å². The first-order chi connectivity index (χ1) is 14.9. The Morgan fingerprint density at radius 2 is 1.42 bits per heavy atom. The monoisotopic (exact) mass is 420 g/mol. The van der Waals surface area contributed by atoms with Crippen LogP contribution in [-0.2, 0) is 4.74 Å². The van der Waals surface area contributed by atoms with Crippen LogP contribution in [-0.4, -0.2) is 13.1 Å². The Hall–Kier alpha value is -4.43. The van der Waals surface area contributed by atoms with Crippen LogP contribution in [0.4, 0.5) is 8.78 Å². The molecule has 3 aromatic rings. The maximum atomic E-state index is 15.1. The molecule has 0 saturated heterocycles. The predicted octanol–water partition coefficient (Wildman–Crippen LogP) is 5.39. The summed E-state index contributed by atoms with van der Waals surface area (Å²) in [5.41, 5.74) is -0.760. The second-order valence-corrected chi connectivity index (χ2v) is 6.25. The van der Waals surface area contributed by atoms with Crippen LogP contribution in [0.25, 0.3) is 0 Å². The molecule has 0 aliphatic rings. The van der Waals surface area contributed by atoms with Crippen LogP contribution in [0.1, 0.15) is 27.0 Å². The van der Waals surface area contributed by atoms with Crippen molar-refractivity contribution in [3.63, 3.8) is 0 Å². The number of hydrogen-bond acceptors (Lipinski definition) is 6. The molecule has 0 saturated carbocycles. The number of methoxy groups -OCH3 is 1. The van der Waals surface area contributed by atoms with Gasteiger partial charge in [0, 0.05) is 0 Å². The molecule has 8 heteroatoms. The van der Waals surface area contributed by atoms with Gasteiger partial charge in [0.1, 0.15) is 34.8 Å². The molecule has 0 unspecified atom stereocenters. The van der Waals surface area contributed by atoms with E-state index in [1.165, 1.54) is 49.6 Å². The molecular weight excluding hydrogens is 406 g/mol. The number of aryl methyl sites for hydroxylation is 1. The molecule has 6 nitrogen and oxygen atoms in total. The van der Waals surface area contributed by atoms with Gasteiger partial charge in [-0.05, 0) is 42.8 Å². The van der Waals surface area contributed by atoms with Gasteiger partial charge in [-0.15, -0.1) is 0 Å². The number of esters is 1. The number of rotatable bonds is 5. The third-order valence-corrected chi connectivity index (χ3v) is 4.32. The highest BCUT2D eigenvalue weighted by molar-refractivity contribution is 5.89. The van der Waals surface area contributed by atoms with E-state index in [1.807, 2.05) is 0 Å². The third-order valence-electron chi connectivity index (χ3n) is 4.32. The summed E-state index contributed by atoms with van der Waals surface area (Å²) < 4.78 is 45.9. The molecule has 0 aliphatic heterocycles. The van der Waals surface area contributed by atoms with Crippen LogP contribution in [0.3, 0.4) is 0 Å². The summed E-state index contributed by atoms with van der Waals surface area (Å²) in [6.07, 6.45) is 0. The highest BCUT2D eigenvalue weighted by atomic mass is 19.1. The maximum absolute atomic E-state index is 15.1. The molecule has 0 fully saturated rings. The van der Waals surface area contributed by atoms with Crippen LogP contribution in [0.5, 0.6) is 23.0 Å². The number of ether oxygens (including phenoxy) is 3. The Balaban J connectivity index is 2.14. The molecule has 0 radical (unpaired) electrons. The van der Waals surface area contributed by atoms with E-state index in [2.05, 4.69) is 4.74 Å². The standard InChI is InChI=1S/C23H14F2N2O4/c1-13-5-3-4-6-18(13)31-22-20(25)17(12-27)16(11-26)19(24)21(22)30-15-9-7-14(8-10-15)23(28)29-2/h3-10H,1-2H3. The van der Waals surface area contributed by atoms with Gasteiger partial charge >= 0.3 is 5.97 Å². The lowest BCUT2D eigenvalue weighted by molar-refractivity contribution is 0.0600. The summed E-state index contributed by atoms with van der Waals surface area (Å²) in [4.78, 5) is 11.6. The van der Waals surface area contributed by atoms with Crippen LogP contribution in [0.2, 0.25) is 0 Å². The van der Waals surface area contributed by atoms with Crippen molar-refractivity contribution in [1.29, 1.82) is 10.5 Å². The summed E-state index contributed by atoms with van der Waals surface area (Å²) in [7, 11) is 1.22. The van der Waals surface area contributed by atoms with Crippen molar-refractivity contribution in [3.8, 4) is 35.1 Å². The molecule has 0 aliphatic carbocycles. The average Bonchev–Trinajstić information content (AvgIpc) is 2.79. The van der Waals surface area contributed by atoms with Crippen molar-refractivity contribution in [3.05, 3.63) is 82.4 Å². The van der Waals surface area contributed by atoms with E-state index in [9.17, 15) is 15.3 Å². The lowest BCUT2D eigenvalue weighted by Gasteiger charge is -2.17. The molecule has 0 heterocycles. The molecule has 0 atom stereocenters. The Morgan fingerprint density at radius 3 is 1.94 bits per heavy atom. The zero-order chi connectivity index (χ0) is 22.5. The average molecular weight is 420 g/mol. The minimum atomic E-state index is -1.25. The van der Waals surface area contributed by atoms with E-state index in [4.69, 9.17) is 9.47 Å². The van der Waals surface area contributed by atoms with E-state index in [0.717, 1.165) is 0 Å². The fourth-order valence-electron chi connectivity index (χ4n) is 2.71. The summed E-state index contributed by atoms with van der Waals surface area (Å²) in [5, 5.41) is 18.5. The van der Waals surface area contributed by atoms with Gasteiger partial charge in [-0.2, -0.15) is 10.5 Å². The van der Waals surface area contributed by atoms with E-state index in [-0.39, 0.29) is 17.1 Å². The lowest BCUT2D eigenvalue weighted by Crippen LogP contribution is -2.04. The van der Waals surface area contributed by atoms with Gasteiger partial charge in [-0.25, -0.2) is 13.6 Å². The van der Waals surface area contributed by atoms with E-state index >= 15 is 8.78 Å². The summed E-state index contributed by atoms with van der Waals surface area (Å²) in [6.45, 7) is 1.70. The number of nitrogens with zero attached hydrogens (tertiary/aromatic N) is 2. The zero-order valence-corrected chi connectivity index (χ0v) is 16.4. The quantitative estimate of drug-likeness (QED) is 0.514. The first kappa shape index (κ1) is 21.3. The fraction of sp³-hybridized carbons (Fsp3) is 0.0870. The number of halogens is 2. The number of hydrogen-bond donors (Lipinski definition) is 0. The topological polar surface area (TPSA) is 92.3 Å². The van der Waals surface area contributed by atoms with Crippen LogP contribution < -0.4 is 9.47 Å². The number of benzene rings is 3. The van der Waals surface area contributed by atoms with Gasteiger partial charge in [0.2, 0.25) is 11.5 Å². The Labute approximate surface area is 176 Å². The number of carbonyl (C=O) groups excluding carboxylic acids is 1. The lowest BCUT2D eigenvalue weighted by atomic mass is 10.1. The molecule has 0 N–H and O–H groups in total. The summed E-state index contributed by atoms with van der Waals surface area (Å²) in [5.74, 6) is -4.21. The van der Waals surface area contributed by atoms with Crippen molar-refractivity contribution in [1.82, 2.24) is 0 Å². The third kappa shape index (κ3) is 4.14. The normalized spacial score (nSPS) is 10.0. The molecule has 0 amide bonds. The first-order valence-electron chi connectivity index (χ1n) is 8.86. The van der Waals surface area contributed by atoms with E-state index < -0.39 is 40.2 Å². The van der Waals surface area contributed by atoms with Crippen molar-refractivity contribution >= 4 is 5.97 Å². The Bertz CT molecular complexity index is 1240. The van der Waals surface area contributed by atoms with Crippen molar-refractivity contribution in [2.75, 3.05) is 7.11 Å². The number of carbonyl (C=O) groups is 1.